The second-order valence-electron chi connectivity index (χ2n) is 12.4. The highest BCUT2D eigenvalue weighted by atomic mass is 16.2. The maximum absolute atomic E-state index is 14.1. The molecule has 192 valence electrons. The Bertz CT molecular complexity index is 1120. The minimum atomic E-state index is -0.938. The molecular formula is C28H37N5O3. The van der Waals surface area contributed by atoms with Gasteiger partial charge >= 0.3 is 0 Å². The van der Waals surface area contributed by atoms with Crippen LogP contribution in [0.15, 0.2) is 24.3 Å². The number of likely N-dealkylation sites (N-methyl/N-ethyl adjacent to an activating group) is 1. The topological polar surface area (TPSA) is 106 Å². The second kappa shape index (κ2) is 8.88. The number of rotatable bonds is 5. The fourth-order valence-electron chi connectivity index (χ4n) is 6.38. The third kappa shape index (κ3) is 4.28. The Labute approximate surface area is 213 Å². The lowest BCUT2D eigenvalue weighted by Crippen LogP contribution is -2.55. The van der Waals surface area contributed by atoms with Crippen molar-refractivity contribution in [2.45, 2.75) is 88.9 Å². The third-order valence-electron chi connectivity index (χ3n) is 8.49. The third-order valence-corrected chi connectivity index (χ3v) is 8.49. The molecule has 8 heteroatoms. The average molecular weight is 492 g/mol. The second-order valence-corrected chi connectivity index (χ2v) is 12.4. The number of fused-ring (bicyclic) bond motifs is 2. The van der Waals surface area contributed by atoms with Gasteiger partial charge in [-0.1, -0.05) is 39.0 Å². The van der Waals surface area contributed by atoms with Crippen LogP contribution in [-0.4, -0.2) is 65.3 Å². The number of hydrogen-bond acceptors (Lipinski definition) is 5. The molecule has 3 heterocycles. The molecule has 1 aromatic rings. The molecule has 0 bridgehead atoms. The molecule has 3 aliphatic heterocycles. The molecule has 0 unspecified atom stereocenters. The van der Waals surface area contributed by atoms with Crippen molar-refractivity contribution in [1.29, 1.82) is 5.26 Å². The predicted molar refractivity (Wildman–Crippen MR) is 136 cm³/mol. The number of nitrogens with one attached hydrogen (secondary N) is 2. The van der Waals surface area contributed by atoms with Gasteiger partial charge < -0.3 is 20.4 Å². The minimum Gasteiger partial charge on any atom is -0.332 e. The molecule has 0 aromatic heterocycles. The zero-order chi connectivity index (χ0) is 25.8. The van der Waals surface area contributed by atoms with Gasteiger partial charge in [0.1, 0.15) is 12.1 Å². The van der Waals surface area contributed by atoms with Crippen LogP contribution in [0.2, 0.25) is 0 Å². The molecule has 3 fully saturated rings. The molecule has 4 aliphatic rings. The molecule has 1 aliphatic carbocycles. The van der Waals surface area contributed by atoms with Crippen molar-refractivity contribution in [3.8, 4) is 6.07 Å². The van der Waals surface area contributed by atoms with Gasteiger partial charge in [0.05, 0.1) is 17.5 Å². The molecule has 5 rings (SSSR count). The summed E-state index contributed by atoms with van der Waals surface area (Å²) in [4.78, 5) is 44.0. The first kappa shape index (κ1) is 24.8. The molecule has 0 radical (unpaired) electrons. The van der Waals surface area contributed by atoms with E-state index in [9.17, 15) is 19.6 Å². The quantitative estimate of drug-likeness (QED) is 0.659. The summed E-state index contributed by atoms with van der Waals surface area (Å²) >= 11 is 0. The minimum absolute atomic E-state index is 0.0628. The number of nitrogens with zero attached hydrogens (tertiary/aromatic N) is 3. The Kier molecular flexibility index (Phi) is 6.11. The lowest BCUT2D eigenvalue weighted by molar-refractivity contribution is -0.147. The summed E-state index contributed by atoms with van der Waals surface area (Å²) in [5.41, 5.74) is 0.422. The van der Waals surface area contributed by atoms with Crippen molar-refractivity contribution in [2.75, 3.05) is 18.9 Å². The van der Waals surface area contributed by atoms with E-state index in [-0.39, 0.29) is 42.1 Å². The summed E-state index contributed by atoms with van der Waals surface area (Å²) in [6.07, 6.45) is 4.95. The van der Waals surface area contributed by atoms with Crippen LogP contribution in [0, 0.1) is 22.7 Å². The van der Waals surface area contributed by atoms with Gasteiger partial charge in [-0.15, -0.1) is 0 Å². The highest BCUT2D eigenvalue weighted by molar-refractivity contribution is 6.07. The van der Waals surface area contributed by atoms with Gasteiger partial charge in [-0.2, -0.15) is 5.26 Å². The number of anilines is 1. The number of carbonyl (C=O) groups is 3. The van der Waals surface area contributed by atoms with Crippen molar-refractivity contribution >= 4 is 23.4 Å². The average Bonchev–Trinajstić information content (AvgIpc) is 3.33. The fourth-order valence-corrected chi connectivity index (χ4v) is 6.38. The first-order chi connectivity index (χ1) is 17.0. The van der Waals surface area contributed by atoms with Crippen LogP contribution in [-0.2, 0) is 19.8 Å². The number of hydrogen-bond donors (Lipinski definition) is 2. The highest BCUT2D eigenvalue weighted by Gasteiger charge is 2.57. The number of nitriles is 1. The Morgan fingerprint density at radius 2 is 1.94 bits per heavy atom. The number of para-hydroxylation sites is 1. The Morgan fingerprint density at radius 3 is 2.61 bits per heavy atom. The van der Waals surface area contributed by atoms with Gasteiger partial charge in [-0.25, -0.2) is 0 Å². The smallest absolute Gasteiger partial charge is 0.246 e. The summed E-state index contributed by atoms with van der Waals surface area (Å²) in [6.45, 7) is 6.30. The summed E-state index contributed by atoms with van der Waals surface area (Å²) in [6, 6.07) is 8.45. The van der Waals surface area contributed by atoms with Crippen molar-refractivity contribution in [2.24, 2.45) is 11.3 Å². The summed E-state index contributed by atoms with van der Waals surface area (Å²) in [5.74, 6) is 0.195. The first-order valence-corrected chi connectivity index (χ1v) is 13.2. The molecule has 1 spiro atoms. The Balaban J connectivity index is 1.40. The summed E-state index contributed by atoms with van der Waals surface area (Å²) in [7, 11) is 1.72. The monoisotopic (exact) mass is 491 g/mol. The molecule has 3 amide bonds. The Hall–Kier alpha value is -2.92. The lowest BCUT2D eigenvalue weighted by atomic mass is 9.80. The molecule has 8 nitrogen and oxygen atoms in total. The molecule has 1 saturated carbocycles. The highest BCUT2D eigenvalue weighted by Crippen LogP contribution is 2.46. The van der Waals surface area contributed by atoms with Crippen LogP contribution < -0.4 is 10.6 Å². The first-order valence-electron chi connectivity index (χ1n) is 13.2. The molecule has 1 aromatic carbocycles. The van der Waals surface area contributed by atoms with Gasteiger partial charge in [0, 0.05) is 31.7 Å². The maximum atomic E-state index is 14.1. The van der Waals surface area contributed by atoms with Crippen LogP contribution >= 0.6 is 0 Å². The van der Waals surface area contributed by atoms with E-state index in [1.807, 2.05) is 24.3 Å². The van der Waals surface area contributed by atoms with E-state index in [1.54, 1.807) is 16.8 Å². The molecule has 2 saturated heterocycles. The van der Waals surface area contributed by atoms with Crippen molar-refractivity contribution in [3.05, 3.63) is 29.8 Å². The van der Waals surface area contributed by atoms with Crippen LogP contribution in [0.3, 0.4) is 0 Å². The van der Waals surface area contributed by atoms with Crippen molar-refractivity contribution in [3.63, 3.8) is 0 Å². The molecular weight excluding hydrogens is 454 g/mol. The van der Waals surface area contributed by atoms with Gasteiger partial charge in [-0.3, -0.25) is 14.4 Å². The van der Waals surface area contributed by atoms with E-state index in [4.69, 9.17) is 0 Å². The van der Waals surface area contributed by atoms with Gasteiger partial charge in [0.2, 0.25) is 17.7 Å². The molecule has 5 atom stereocenters. The van der Waals surface area contributed by atoms with Crippen LogP contribution in [0.5, 0.6) is 0 Å². The van der Waals surface area contributed by atoms with E-state index in [1.165, 1.54) is 12.8 Å². The van der Waals surface area contributed by atoms with Gasteiger partial charge in [-0.05, 0) is 55.1 Å². The van der Waals surface area contributed by atoms with E-state index in [2.05, 4.69) is 37.5 Å². The van der Waals surface area contributed by atoms with Crippen LogP contribution in [0.4, 0.5) is 5.69 Å². The number of likely N-dealkylation sites (tertiary alicyclic amines) is 1. The SMILES string of the molecule is CN(C(=O)[C@@H]1CC[C@@H](C2CC2)N1)[C@@H](CC(C)(C)C)C(=O)N1C[C@]2(C[C@H]1C#N)C(=O)Nc1ccccc12. The van der Waals surface area contributed by atoms with E-state index in [0.29, 0.717) is 18.4 Å². The van der Waals surface area contributed by atoms with Gasteiger partial charge in [0.15, 0.2) is 0 Å². The van der Waals surface area contributed by atoms with Crippen molar-refractivity contribution < 1.29 is 14.4 Å². The summed E-state index contributed by atoms with van der Waals surface area (Å²) < 4.78 is 0. The number of amides is 3. The standard InChI is InChI=1S/C28H37N5O3/c1-27(2,3)14-23(32(4)24(34)22-12-11-20(30-22)17-9-10-17)25(35)33-16-28(13-18(33)15-29)19-7-5-6-8-21(19)31-26(28)36/h5-8,17-18,20,22-23,30H,9-14,16H2,1-4H3,(H,31,36)/t18-,20-,22-,23-,28-/m0/s1. The number of benzene rings is 1. The molecule has 2 N–H and O–H groups in total. The van der Waals surface area contributed by atoms with Crippen LogP contribution in [0.1, 0.15) is 64.9 Å². The van der Waals surface area contributed by atoms with E-state index >= 15 is 0 Å². The fraction of sp³-hybridized carbons (Fsp3) is 0.643. The number of carbonyl (C=O) groups excluding carboxylic acids is 3. The van der Waals surface area contributed by atoms with Crippen molar-refractivity contribution in [1.82, 2.24) is 15.1 Å². The maximum Gasteiger partial charge on any atom is 0.246 e. The molecule has 36 heavy (non-hydrogen) atoms. The normalized spacial score (nSPS) is 30.1. The predicted octanol–water partition coefficient (Wildman–Crippen LogP) is 2.79. The lowest BCUT2D eigenvalue weighted by Gasteiger charge is -2.36. The van der Waals surface area contributed by atoms with E-state index < -0.39 is 17.5 Å². The van der Waals surface area contributed by atoms with Gasteiger partial charge in [0.25, 0.3) is 0 Å². The van der Waals surface area contributed by atoms with E-state index in [0.717, 1.165) is 24.1 Å². The largest absolute Gasteiger partial charge is 0.332 e. The zero-order valence-corrected chi connectivity index (χ0v) is 21.7. The summed E-state index contributed by atoms with van der Waals surface area (Å²) in [5, 5.41) is 16.5. The Morgan fingerprint density at radius 1 is 1.22 bits per heavy atom. The van der Waals surface area contributed by atoms with Crippen LogP contribution in [0.25, 0.3) is 0 Å². The zero-order valence-electron chi connectivity index (χ0n) is 21.7.